The molecule has 132 valence electrons. The first-order valence-electron chi connectivity index (χ1n) is 8.05. The summed E-state index contributed by atoms with van der Waals surface area (Å²) in [6.45, 7) is 2.65. The number of anilines is 1. The van der Waals surface area contributed by atoms with Crippen LogP contribution in [0.25, 0.3) is 5.65 Å². The van der Waals surface area contributed by atoms with Crippen molar-refractivity contribution in [2.45, 2.75) is 23.6 Å². The molecule has 0 saturated heterocycles. The molecule has 3 heterocycles. The zero-order valence-electron chi connectivity index (χ0n) is 14.0. The van der Waals surface area contributed by atoms with Gasteiger partial charge in [0.2, 0.25) is 5.13 Å². The Balaban J connectivity index is 1.35. The van der Waals surface area contributed by atoms with E-state index < -0.39 is 0 Å². The van der Waals surface area contributed by atoms with Crippen LogP contribution in [-0.4, -0.2) is 19.6 Å². The molecule has 0 spiro atoms. The molecule has 1 aromatic carbocycles. The summed E-state index contributed by atoms with van der Waals surface area (Å²) in [5, 5.41) is 12.3. The molecule has 26 heavy (non-hydrogen) atoms. The van der Waals surface area contributed by atoms with Crippen molar-refractivity contribution in [3.63, 3.8) is 0 Å². The molecule has 0 aliphatic carbocycles. The second-order valence-corrected chi connectivity index (χ2v) is 8.00. The molecule has 0 aliphatic rings. The van der Waals surface area contributed by atoms with Crippen molar-refractivity contribution < 1.29 is 4.39 Å². The van der Waals surface area contributed by atoms with Gasteiger partial charge in [0.05, 0.1) is 5.69 Å². The van der Waals surface area contributed by atoms with E-state index in [9.17, 15) is 4.39 Å². The van der Waals surface area contributed by atoms with Gasteiger partial charge in [-0.3, -0.25) is 0 Å². The third-order valence-corrected chi connectivity index (χ3v) is 5.88. The van der Waals surface area contributed by atoms with Crippen LogP contribution in [0.5, 0.6) is 0 Å². The molecule has 0 atom stereocenters. The number of thioether (sulfide) groups is 1. The first-order valence-corrected chi connectivity index (χ1v) is 9.85. The normalized spacial score (nSPS) is 11.2. The monoisotopic (exact) mass is 385 g/mol. The Kier molecular flexibility index (Phi) is 4.85. The average molecular weight is 385 g/mol. The maximum Gasteiger partial charge on any atom is 0.206 e. The number of pyridine rings is 1. The summed E-state index contributed by atoms with van der Waals surface area (Å²) in [6.07, 6.45) is 4.05. The van der Waals surface area contributed by atoms with Crippen molar-refractivity contribution >= 4 is 33.9 Å². The van der Waals surface area contributed by atoms with Gasteiger partial charge in [-0.25, -0.2) is 9.37 Å². The molecule has 4 aromatic rings. The molecule has 3 aromatic heterocycles. The molecule has 0 aliphatic heterocycles. The first kappa shape index (κ1) is 17.0. The number of rotatable bonds is 6. The zero-order chi connectivity index (χ0) is 17.9. The lowest BCUT2D eigenvalue weighted by Crippen LogP contribution is -1.98. The molecule has 0 unspecified atom stereocenters. The smallest absolute Gasteiger partial charge is 0.206 e. The third-order valence-electron chi connectivity index (χ3n) is 3.83. The van der Waals surface area contributed by atoms with Gasteiger partial charge in [0.15, 0.2) is 4.34 Å². The lowest BCUT2D eigenvalue weighted by molar-refractivity contribution is 0.627. The number of hydrogen-bond acceptors (Lipinski definition) is 6. The minimum Gasteiger partial charge on any atom is -0.356 e. The molecular formula is C18H16FN5S2. The van der Waals surface area contributed by atoms with E-state index in [1.54, 1.807) is 23.9 Å². The van der Waals surface area contributed by atoms with Gasteiger partial charge in [-0.15, -0.1) is 10.2 Å². The Morgan fingerprint density at radius 1 is 1.19 bits per heavy atom. The molecule has 0 saturated carbocycles. The van der Waals surface area contributed by atoms with Crippen molar-refractivity contribution in [2.75, 3.05) is 5.32 Å². The van der Waals surface area contributed by atoms with E-state index in [-0.39, 0.29) is 5.82 Å². The van der Waals surface area contributed by atoms with Crippen LogP contribution in [0.3, 0.4) is 0 Å². The van der Waals surface area contributed by atoms with Crippen LogP contribution in [0, 0.1) is 12.7 Å². The number of nitrogens with zero attached hydrogens (tertiary/aromatic N) is 4. The zero-order valence-corrected chi connectivity index (χ0v) is 15.6. The van der Waals surface area contributed by atoms with E-state index in [0.717, 1.165) is 37.7 Å². The maximum absolute atomic E-state index is 12.9. The number of aromatic nitrogens is 4. The summed E-state index contributed by atoms with van der Waals surface area (Å²) in [5.74, 6) is 0.513. The first-order chi connectivity index (χ1) is 12.7. The third kappa shape index (κ3) is 3.86. The van der Waals surface area contributed by atoms with Gasteiger partial charge in [-0.05, 0) is 36.2 Å². The van der Waals surface area contributed by atoms with Gasteiger partial charge >= 0.3 is 0 Å². The van der Waals surface area contributed by atoms with Crippen LogP contribution in [-0.2, 0) is 12.3 Å². The van der Waals surface area contributed by atoms with Crippen molar-refractivity contribution in [1.82, 2.24) is 19.6 Å². The Morgan fingerprint density at radius 2 is 2.04 bits per heavy atom. The molecule has 0 bridgehead atoms. The second-order valence-electron chi connectivity index (χ2n) is 5.80. The summed E-state index contributed by atoms with van der Waals surface area (Å²) in [5.41, 5.74) is 4.16. The molecule has 0 amide bonds. The highest BCUT2D eigenvalue weighted by Gasteiger charge is 2.08. The van der Waals surface area contributed by atoms with Crippen LogP contribution in [0.15, 0.2) is 53.1 Å². The maximum atomic E-state index is 12.9. The van der Waals surface area contributed by atoms with Gasteiger partial charge in [0, 0.05) is 24.7 Å². The summed E-state index contributed by atoms with van der Waals surface area (Å²) < 4.78 is 15.8. The van der Waals surface area contributed by atoms with Crippen molar-refractivity contribution in [2.24, 2.45) is 0 Å². The fourth-order valence-electron chi connectivity index (χ4n) is 2.53. The van der Waals surface area contributed by atoms with E-state index in [2.05, 4.69) is 33.5 Å². The number of hydrogen-bond donors (Lipinski definition) is 1. The predicted molar refractivity (Wildman–Crippen MR) is 103 cm³/mol. The topological polar surface area (TPSA) is 55.1 Å². The highest BCUT2D eigenvalue weighted by molar-refractivity contribution is 8.00. The van der Waals surface area contributed by atoms with Gasteiger partial charge in [0.1, 0.15) is 11.5 Å². The van der Waals surface area contributed by atoms with E-state index in [1.165, 1.54) is 23.5 Å². The van der Waals surface area contributed by atoms with Crippen LogP contribution in [0.2, 0.25) is 0 Å². The molecule has 8 heteroatoms. The Hall–Kier alpha value is -2.45. The summed E-state index contributed by atoms with van der Waals surface area (Å²) in [7, 11) is 0. The second kappa shape index (κ2) is 7.43. The number of benzene rings is 1. The summed E-state index contributed by atoms with van der Waals surface area (Å²) >= 11 is 3.12. The van der Waals surface area contributed by atoms with Gasteiger partial charge in [-0.2, -0.15) is 0 Å². The summed E-state index contributed by atoms with van der Waals surface area (Å²) in [4.78, 5) is 4.67. The highest BCUT2D eigenvalue weighted by atomic mass is 32.2. The van der Waals surface area contributed by atoms with E-state index in [1.807, 2.05) is 22.9 Å². The van der Waals surface area contributed by atoms with Crippen LogP contribution < -0.4 is 5.32 Å². The fourth-order valence-corrected chi connectivity index (χ4v) is 4.16. The predicted octanol–water partition coefficient (Wildman–Crippen LogP) is 4.54. The molecular weight excluding hydrogens is 369 g/mol. The fraction of sp³-hybridized carbons (Fsp3) is 0.167. The highest BCUT2D eigenvalue weighted by Crippen LogP contribution is 2.28. The van der Waals surface area contributed by atoms with E-state index in [0.29, 0.717) is 6.54 Å². The number of imidazole rings is 1. The SMILES string of the molecule is Cc1cccn2cc(CSc3nnc(NCc4ccc(F)cc4)s3)nc12. The Labute approximate surface area is 158 Å². The van der Waals surface area contributed by atoms with E-state index in [4.69, 9.17) is 0 Å². The average Bonchev–Trinajstić information content (AvgIpc) is 3.27. The number of halogens is 1. The molecule has 0 radical (unpaired) electrons. The Bertz CT molecular complexity index is 1030. The minimum absolute atomic E-state index is 0.231. The largest absolute Gasteiger partial charge is 0.356 e. The number of aryl methyl sites for hydroxylation is 1. The summed E-state index contributed by atoms with van der Waals surface area (Å²) in [6, 6.07) is 10.5. The van der Waals surface area contributed by atoms with Gasteiger partial charge in [0.25, 0.3) is 0 Å². The molecule has 4 rings (SSSR count). The number of fused-ring (bicyclic) bond motifs is 1. The molecule has 0 fully saturated rings. The van der Waals surface area contributed by atoms with Crippen LogP contribution in [0.1, 0.15) is 16.8 Å². The molecule has 1 N–H and O–H groups in total. The van der Waals surface area contributed by atoms with Gasteiger partial charge in [-0.1, -0.05) is 41.3 Å². The van der Waals surface area contributed by atoms with Crippen LogP contribution >= 0.6 is 23.1 Å². The van der Waals surface area contributed by atoms with Crippen molar-refractivity contribution in [1.29, 1.82) is 0 Å². The number of nitrogens with one attached hydrogen (secondary N) is 1. The van der Waals surface area contributed by atoms with Crippen LogP contribution in [0.4, 0.5) is 9.52 Å². The minimum atomic E-state index is -0.231. The van der Waals surface area contributed by atoms with E-state index >= 15 is 0 Å². The quantitative estimate of drug-likeness (QED) is 0.494. The van der Waals surface area contributed by atoms with Gasteiger partial charge < -0.3 is 9.72 Å². The molecule has 5 nitrogen and oxygen atoms in total. The van der Waals surface area contributed by atoms with Crippen molar-refractivity contribution in [3.05, 3.63) is 71.4 Å². The Morgan fingerprint density at radius 3 is 2.85 bits per heavy atom. The van der Waals surface area contributed by atoms with Crippen molar-refractivity contribution in [3.8, 4) is 0 Å². The lowest BCUT2D eigenvalue weighted by Gasteiger charge is -2.01. The standard InChI is InChI=1S/C18H16FN5S2/c1-12-3-2-8-24-10-15(21-16(12)24)11-25-18-23-22-17(26-18)20-9-13-4-6-14(19)7-5-13/h2-8,10H,9,11H2,1H3,(H,20,22). The lowest BCUT2D eigenvalue weighted by atomic mass is 10.2.